The summed E-state index contributed by atoms with van der Waals surface area (Å²) in [5.41, 5.74) is 1.99. The van der Waals surface area contributed by atoms with E-state index in [0.29, 0.717) is 5.69 Å². The van der Waals surface area contributed by atoms with Crippen molar-refractivity contribution in [3.63, 3.8) is 0 Å². The molecular formula is C21H21F3N4O. The van der Waals surface area contributed by atoms with Crippen LogP contribution in [0.25, 0.3) is 11.0 Å². The molecule has 4 rings (SSSR count). The highest BCUT2D eigenvalue weighted by atomic mass is 19.4. The van der Waals surface area contributed by atoms with Gasteiger partial charge in [0.05, 0.1) is 22.4 Å². The molecule has 3 aromatic rings. The Morgan fingerprint density at radius 1 is 1.00 bits per heavy atom. The first kappa shape index (κ1) is 19.3. The number of aromatic nitrogens is 2. The lowest BCUT2D eigenvalue weighted by atomic mass is 10.1. The first-order valence-corrected chi connectivity index (χ1v) is 9.60. The Morgan fingerprint density at radius 2 is 1.69 bits per heavy atom. The summed E-state index contributed by atoms with van der Waals surface area (Å²) in [6, 6.07) is 13.7. The fourth-order valence-corrected chi connectivity index (χ4v) is 3.78. The lowest BCUT2D eigenvalue weighted by molar-refractivity contribution is -0.147. The number of alkyl halides is 3. The largest absolute Gasteiger partial charge is 0.449 e. The summed E-state index contributed by atoms with van der Waals surface area (Å²) in [6.45, 7) is 1.33. The summed E-state index contributed by atoms with van der Waals surface area (Å²) in [4.78, 5) is 18.6. The zero-order valence-electron chi connectivity index (χ0n) is 15.7. The van der Waals surface area contributed by atoms with Crippen LogP contribution in [-0.4, -0.2) is 28.5 Å². The maximum atomic E-state index is 13.4. The number of amides is 1. The van der Waals surface area contributed by atoms with Crippen LogP contribution in [0.4, 0.5) is 24.5 Å². The van der Waals surface area contributed by atoms with Gasteiger partial charge in [0, 0.05) is 13.1 Å². The van der Waals surface area contributed by atoms with Gasteiger partial charge in [0.1, 0.15) is 6.54 Å². The molecule has 2 aromatic carbocycles. The van der Waals surface area contributed by atoms with Crippen LogP contribution in [-0.2, 0) is 17.5 Å². The van der Waals surface area contributed by atoms with Gasteiger partial charge < -0.3 is 14.8 Å². The second-order valence-electron chi connectivity index (χ2n) is 7.12. The summed E-state index contributed by atoms with van der Waals surface area (Å²) >= 11 is 0. The van der Waals surface area contributed by atoms with E-state index in [1.54, 1.807) is 24.3 Å². The molecule has 1 aliphatic heterocycles. The Hall–Kier alpha value is -3.03. The van der Waals surface area contributed by atoms with Crippen molar-refractivity contribution in [3.8, 4) is 0 Å². The first-order valence-electron chi connectivity index (χ1n) is 9.60. The van der Waals surface area contributed by atoms with Crippen LogP contribution in [0.1, 0.15) is 25.1 Å². The van der Waals surface area contributed by atoms with Gasteiger partial charge in [-0.25, -0.2) is 4.98 Å². The molecule has 1 saturated heterocycles. The average molecular weight is 402 g/mol. The van der Waals surface area contributed by atoms with Crippen LogP contribution >= 0.6 is 0 Å². The fourth-order valence-electron chi connectivity index (χ4n) is 3.78. The molecule has 0 bridgehead atoms. The fraction of sp³-hybridized carbons (Fsp3) is 0.333. The zero-order valence-corrected chi connectivity index (χ0v) is 15.7. The standard InChI is InChI=1S/C21H21F3N4O/c22-21(23,24)20-26-16-9-3-5-11-18(16)28(20)14-19(29)25-15-8-2-4-10-17(15)27-12-6-1-7-13-27/h2-5,8-11H,1,6-7,12-14H2,(H,25,29). The normalized spacial score (nSPS) is 14.9. The molecule has 0 atom stereocenters. The van der Waals surface area contributed by atoms with Crippen LogP contribution in [0.15, 0.2) is 48.5 Å². The summed E-state index contributed by atoms with van der Waals surface area (Å²) in [5.74, 6) is -1.60. The van der Waals surface area contributed by atoms with Crippen molar-refractivity contribution in [1.82, 2.24) is 9.55 Å². The first-order chi connectivity index (χ1) is 13.9. The van der Waals surface area contributed by atoms with Gasteiger partial charge in [-0.3, -0.25) is 4.79 Å². The third kappa shape index (κ3) is 4.06. The lowest BCUT2D eigenvalue weighted by Crippen LogP contribution is -2.31. The van der Waals surface area contributed by atoms with Crippen LogP contribution in [0.5, 0.6) is 0 Å². The number of nitrogens with zero attached hydrogens (tertiary/aromatic N) is 3. The van der Waals surface area contributed by atoms with Gasteiger partial charge in [0.25, 0.3) is 0 Å². The highest BCUT2D eigenvalue weighted by Crippen LogP contribution is 2.32. The van der Waals surface area contributed by atoms with Crippen molar-refractivity contribution in [2.24, 2.45) is 0 Å². The number of rotatable bonds is 4. The quantitative estimate of drug-likeness (QED) is 0.689. The number of fused-ring (bicyclic) bond motifs is 1. The van der Waals surface area contributed by atoms with Gasteiger partial charge in [-0.05, 0) is 43.5 Å². The number of carbonyl (C=O) groups excluding carboxylic acids is 1. The monoisotopic (exact) mass is 402 g/mol. The topological polar surface area (TPSA) is 50.2 Å². The SMILES string of the molecule is O=C(Cn1c(C(F)(F)F)nc2ccccc21)Nc1ccccc1N1CCCCC1. The molecule has 0 saturated carbocycles. The van der Waals surface area contributed by atoms with E-state index in [2.05, 4.69) is 15.2 Å². The van der Waals surface area contributed by atoms with E-state index in [9.17, 15) is 18.0 Å². The molecule has 1 amide bonds. The van der Waals surface area contributed by atoms with Crippen molar-refractivity contribution < 1.29 is 18.0 Å². The van der Waals surface area contributed by atoms with Gasteiger partial charge in [-0.15, -0.1) is 0 Å². The number of nitrogens with one attached hydrogen (secondary N) is 1. The second-order valence-corrected chi connectivity index (χ2v) is 7.12. The third-order valence-electron chi connectivity index (χ3n) is 5.08. The number of imidazole rings is 1. The number of hydrogen-bond donors (Lipinski definition) is 1. The molecule has 0 unspecified atom stereocenters. The molecule has 1 aliphatic rings. The molecule has 1 aromatic heterocycles. The zero-order chi connectivity index (χ0) is 20.4. The molecule has 2 heterocycles. The molecule has 152 valence electrons. The minimum Gasteiger partial charge on any atom is -0.370 e. The Labute approximate surface area is 166 Å². The molecule has 8 heteroatoms. The van der Waals surface area contributed by atoms with Crippen molar-refractivity contribution in [1.29, 1.82) is 0 Å². The van der Waals surface area contributed by atoms with Crippen molar-refractivity contribution in [3.05, 3.63) is 54.4 Å². The summed E-state index contributed by atoms with van der Waals surface area (Å²) in [6.07, 6.45) is -1.31. The van der Waals surface area contributed by atoms with E-state index in [1.165, 1.54) is 18.6 Å². The number of halogens is 3. The Kier molecular flexibility index (Phi) is 5.17. The van der Waals surface area contributed by atoms with Crippen LogP contribution < -0.4 is 10.2 Å². The number of carbonyl (C=O) groups is 1. The van der Waals surface area contributed by atoms with E-state index in [4.69, 9.17) is 0 Å². The van der Waals surface area contributed by atoms with E-state index in [1.807, 2.05) is 12.1 Å². The average Bonchev–Trinajstić information content (AvgIpc) is 3.08. The van der Waals surface area contributed by atoms with E-state index < -0.39 is 24.5 Å². The Bertz CT molecular complexity index is 1020. The molecule has 1 N–H and O–H groups in total. The molecule has 0 radical (unpaired) electrons. The number of benzene rings is 2. The minimum atomic E-state index is -4.65. The van der Waals surface area contributed by atoms with Gasteiger partial charge in [0.2, 0.25) is 11.7 Å². The Morgan fingerprint density at radius 3 is 2.45 bits per heavy atom. The molecule has 29 heavy (non-hydrogen) atoms. The van der Waals surface area contributed by atoms with E-state index >= 15 is 0 Å². The van der Waals surface area contributed by atoms with Gasteiger partial charge in [-0.2, -0.15) is 13.2 Å². The predicted octanol–water partition coefficient (Wildman–Crippen LogP) is 4.68. The van der Waals surface area contributed by atoms with Crippen LogP contribution in [0.3, 0.4) is 0 Å². The van der Waals surface area contributed by atoms with Gasteiger partial charge in [-0.1, -0.05) is 24.3 Å². The summed E-state index contributed by atoms with van der Waals surface area (Å²) in [5, 5.41) is 2.79. The number of piperidine rings is 1. The summed E-state index contributed by atoms with van der Waals surface area (Å²) in [7, 11) is 0. The number of hydrogen-bond acceptors (Lipinski definition) is 3. The molecular weight excluding hydrogens is 381 g/mol. The molecule has 0 spiro atoms. The number of para-hydroxylation sites is 4. The second kappa shape index (κ2) is 7.77. The van der Waals surface area contributed by atoms with Crippen molar-refractivity contribution in [2.75, 3.05) is 23.3 Å². The van der Waals surface area contributed by atoms with Crippen LogP contribution in [0, 0.1) is 0 Å². The smallest absolute Gasteiger partial charge is 0.370 e. The highest BCUT2D eigenvalue weighted by Gasteiger charge is 2.38. The van der Waals surface area contributed by atoms with E-state index in [-0.39, 0.29) is 11.0 Å². The minimum absolute atomic E-state index is 0.210. The van der Waals surface area contributed by atoms with E-state index in [0.717, 1.165) is 36.2 Å². The molecule has 0 aliphatic carbocycles. The lowest BCUT2D eigenvalue weighted by Gasteiger charge is -2.30. The van der Waals surface area contributed by atoms with Crippen molar-refractivity contribution in [2.45, 2.75) is 32.0 Å². The van der Waals surface area contributed by atoms with Crippen LogP contribution in [0.2, 0.25) is 0 Å². The maximum Gasteiger partial charge on any atom is 0.449 e. The van der Waals surface area contributed by atoms with Gasteiger partial charge >= 0.3 is 6.18 Å². The maximum absolute atomic E-state index is 13.4. The summed E-state index contributed by atoms with van der Waals surface area (Å²) < 4.78 is 41.3. The van der Waals surface area contributed by atoms with Crippen molar-refractivity contribution >= 4 is 28.3 Å². The predicted molar refractivity (Wildman–Crippen MR) is 106 cm³/mol. The number of anilines is 2. The highest BCUT2D eigenvalue weighted by molar-refractivity contribution is 5.95. The molecule has 5 nitrogen and oxygen atoms in total. The third-order valence-corrected chi connectivity index (χ3v) is 5.08. The van der Waals surface area contributed by atoms with Gasteiger partial charge in [0.15, 0.2) is 0 Å². The molecule has 1 fully saturated rings. The Balaban J connectivity index is 1.60.